The third kappa shape index (κ3) is 5.89. The van der Waals surface area contributed by atoms with Crippen LogP contribution >= 0.6 is 0 Å². The van der Waals surface area contributed by atoms with Crippen molar-refractivity contribution in [3.05, 3.63) is 71.8 Å². The molecule has 0 saturated heterocycles. The first-order valence-electron chi connectivity index (χ1n) is 8.37. The summed E-state index contributed by atoms with van der Waals surface area (Å²) < 4.78 is 15.9. The van der Waals surface area contributed by atoms with Gasteiger partial charge in [0.25, 0.3) is 0 Å². The molecule has 0 saturated carbocycles. The van der Waals surface area contributed by atoms with Crippen LogP contribution in [0.15, 0.2) is 60.7 Å². The Morgan fingerprint density at radius 1 is 0.885 bits per heavy atom. The average molecular weight is 357 g/mol. The lowest BCUT2D eigenvalue weighted by atomic mass is 10.2. The van der Waals surface area contributed by atoms with Gasteiger partial charge in [0.1, 0.15) is 6.61 Å². The molecule has 0 fully saturated rings. The van der Waals surface area contributed by atoms with E-state index < -0.39 is 17.8 Å². The number of benzene rings is 2. The van der Waals surface area contributed by atoms with Crippen molar-refractivity contribution in [3.8, 4) is 0 Å². The van der Waals surface area contributed by atoms with Gasteiger partial charge in [-0.2, -0.15) is 0 Å². The molecular weight excluding hydrogens is 334 g/mol. The number of esters is 1. The molecule has 0 bridgehead atoms. The van der Waals surface area contributed by atoms with Crippen LogP contribution in [0.3, 0.4) is 0 Å². The molecule has 0 aliphatic heterocycles. The van der Waals surface area contributed by atoms with Crippen LogP contribution < -0.4 is 5.32 Å². The monoisotopic (exact) mass is 357 g/mol. The molecule has 2 rings (SSSR count). The van der Waals surface area contributed by atoms with Crippen LogP contribution in [0.2, 0.25) is 0 Å². The van der Waals surface area contributed by atoms with Gasteiger partial charge < -0.3 is 14.2 Å². The first kappa shape index (κ1) is 19.5. The summed E-state index contributed by atoms with van der Waals surface area (Å²) in [5.41, 5.74) is 0.0489. The Balaban J connectivity index is 1.98. The van der Waals surface area contributed by atoms with Crippen molar-refractivity contribution in [2.24, 2.45) is 0 Å². The number of amides is 1. The van der Waals surface area contributed by atoms with Crippen molar-refractivity contribution < 1.29 is 23.8 Å². The predicted octanol–water partition coefficient (Wildman–Crippen LogP) is 3.41. The zero-order chi connectivity index (χ0) is 18.8. The second-order valence-electron chi connectivity index (χ2n) is 5.71. The molecule has 0 radical (unpaired) electrons. The van der Waals surface area contributed by atoms with Crippen molar-refractivity contribution in [1.29, 1.82) is 0 Å². The Morgan fingerprint density at radius 3 is 1.96 bits per heavy atom. The minimum atomic E-state index is -1.65. The number of rotatable bonds is 8. The minimum absolute atomic E-state index is 0.0876. The molecule has 0 heterocycles. The van der Waals surface area contributed by atoms with Crippen LogP contribution in [0.4, 0.5) is 4.79 Å². The van der Waals surface area contributed by atoms with Crippen LogP contribution in [-0.2, 0) is 32.2 Å². The van der Waals surface area contributed by atoms with Crippen molar-refractivity contribution in [3.63, 3.8) is 0 Å². The van der Waals surface area contributed by atoms with E-state index in [1.54, 1.807) is 6.92 Å². The number of ether oxygens (including phenoxy) is 3. The number of nitrogens with one attached hydrogen (secondary N) is 1. The van der Waals surface area contributed by atoms with E-state index in [-0.39, 0.29) is 19.8 Å². The van der Waals surface area contributed by atoms with E-state index in [1.807, 2.05) is 60.7 Å². The van der Waals surface area contributed by atoms with Gasteiger partial charge in [-0.1, -0.05) is 60.7 Å². The molecule has 2 aromatic carbocycles. The highest BCUT2D eigenvalue weighted by molar-refractivity contribution is 5.83. The summed E-state index contributed by atoms with van der Waals surface area (Å²) >= 11 is 0. The Hall–Kier alpha value is -2.86. The number of carbonyl (C=O) groups is 2. The summed E-state index contributed by atoms with van der Waals surface area (Å²) in [5, 5.41) is 2.46. The molecule has 1 amide bonds. The highest BCUT2D eigenvalue weighted by atomic mass is 16.6. The highest BCUT2D eigenvalue weighted by Crippen LogP contribution is 2.14. The summed E-state index contributed by atoms with van der Waals surface area (Å²) in [6.07, 6.45) is -0.766. The second-order valence-corrected chi connectivity index (χ2v) is 5.71. The Morgan fingerprint density at radius 2 is 1.42 bits per heavy atom. The van der Waals surface area contributed by atoms with Gasteiger partial charge in [0.15, 0.2) is 0 Å². The molecule has 0 spiro atoms. The summed E-state index contributed by atoms with van der Waals surface area (Å²) in [4.78, 5) is 24.4. The summed E-state index contributed by atoms with van der Waals surface area (Å²) in [5.74, 6) is -0.687. The van der Waals surface area contributed by atoms with Gasteiger partial charge in [0.05, 0.1) is 13.2 Å². The number of hydrogen-bond acceptors (Lipinski definition) is 5. The maximum absolute atomic E-state index is 12.3. The quantitative estimate of drug-likeness (QED) is 0.579. The van der Waals surface area contributed by atoms with Gasteiger partial charge in [-0.3, -0.25) is 5.32 Å². The third-order valence-corrected chi connectivity index (χ3v) is 3.59. The first-order valence-corrected chi connectivity index (χ1v) is 8.37. The molecule has 138 valence electrons. The Kier molecular flexibility index (Phi) is 7.17. The summed E-state index contributed by atoms with van der Waals surface area (Å²) in [6, 6.07) is 18.6. The molecule has 0 aliphatic rings. The van der Waals surface area contributed by atoms with Gasteiger partial charge >= 0.3 is 12.1 Å². The highest BCUT2D eigenvalue weighted by Gasteiger charge is 2.38. The number of alkyl carbamates (subject to hydrolysis) is 1. The lowest BCUT2D eigenvalue weighted by molar-refractivity contribution is -0.175. The van der Waals surface area contributed by atoms with E-state index in [0.29, 0.717) is 0 Å². The maximum Gasteiger partial charge on any atom is 0.410 e. The van der Waals surface area contributed by atoms with Gasteiger partial charge in [-0.25, -0.2) is 9.59 Å². The fourth-order valence-electron chi connectivity index (χ4n) is 2.17. The molecule has 0 unspecified atom stereocenters. The molecule has 1 atom stereocenters. The van der Waals surface area contributed by atoms with E-state index in [2.05, 4.69) is 5.32 Å². The molecule has 6 heteroatoms. The summed E-state index contributed by atoms with van der Waals surface area (Å²) in [6.45, 7) is 3.52. The van der Waals surface area contributed by atoms with Gasteiger partial charge in [-0.15, -0.1) is 0 Å². The van der Waals surface area contributed by atoms with E-state index in [4.69, 9.17) is 14.2 Å². The minimum Gasteiger partial charge on any atom is -0.462 e. The van der Waals surface area contributed by atoms with E-state index >= 15 is 0 Å². The SMILES string of the molecule is CCOC(=O)[C@](C)(NC(=O)OCc1ccccc1)OCc1ccccc1. The lowest BCUT2D eigenvalue weighted by Gasteiger charge is -2.28. The van der Waals surface area contributed by atoms with Crippen LogP contribution in [0.1, 0.15) is 25.0 Å². The van der Waals surface area contributed by atoms with E-state index in [1.165, 1.54) is 6.92 Å². The van der Waals surface area contributed by atoms with Crippen LogP contribution in [-0.4, -0.2) is 24.4 Å². The maximum atomic E-state index is 12.3. The third-order valence-electron chi connectivity index (χ3n) is 3.59. The predicted molar refractivity (Wildman–Crippen MR) is 96.0 cm³/mol. The van der Waals surface area contributed by atoms with Crippen LogP contribution in [0.25, 0.3) is 0 Å². The topological polar surface area (TPSA) is 73.9 Å². The Bertz CT molecular complexity index is 705. The molecule has 0 aromatic heterocycles. The van der Waals surface area contributed by atoms with Crippen molar-refractivity contribution in [1.82, 2.24) is 5.32 Å². The van der Waals surface area contributed by atoms with Crippen LogP contribution in [0.5, 0.6) is 0 Å². The molecule has 2 aromatic rings. The fraction of sp³-hybridized carbons (Fsp3) is 0.300. The largest absolute Gasteiger partial charge is 0.462 e. The van der Waals surface area contributed by atoms with Gasteiger partial charge in [0.2, 0.25) is 5.72 Å². The van der Waals surface area contributed by atoms with Crippen LogP contribution in [0, 0.1) is 0 Å². The molecular formula is C20H23NO5. The zero-order valence-corrected chi connectivity index (χ0v) is 14.9. The zero-order valence-electron chi connectivity index (χ0n) is 14.9. The molecule has 26 heavy (non-hydrogen) atoms. The standard InChI is InChI=1S/C20H23NO5/c1-3-24-18(22)20(2,26-15-17-12-8-5-9-13-17)21-19(23)25-14-16-10-6-4-7-11-16/h4-13H,3,14-15H2,1-2H3,(H,21,23)/t20-/m1/s1. The normalized spacial score (nSPS) is 12.7. The number of hydrogen-bond donors (Lipinski definition) is 1. The lowest BCUT2D eigenvalue weighted by Crippen LogP contribution is -2.55. The smallest absolute Gasteiger partial charge is 0.410 e. The van der Waals surface area contributed by atoms with Crippen molar-refractivity contribution in [2.75, 3.05) is 6.61 Å². The molecule has 1 N–H and O–H groups in total. The summed E-state index contributed by atoms with van der Waals surface area (Å²) in [7, 11) is 0. The Labute approximate surface area is 153 Å². The molecule has 0 aliphatic carbocycles. The van der Waals surface area contributed by atoms with Gasteiger partial charge in [0, 0.05) is 0 Å². The fourth-order valence-corrected chi connectivity index (χ4v) is 2.17. The molecule has 6 nitrogen and oxygen atoms in total. The van der Waals surface area contributed by atoms with Gasteiger partial charge in [-0.05, 0) is 25.0 Å². The average Bonchev–Trinajstić information content (AvgIpc) is 2.67. The second kappa shape index (κ2) is 9.58. The van der Waals surface area contributed by atoms with E-state index in [9.17, 15) is 9.59 Å². The number of carbonyl (C=O) groups excluding carboxylic acids is 2. The first-order chi connectivity index (χ1) is 12.5. The van der Waals surface area contributed by atoms with Crippen molar-refractivity contribution in [2.45, 2.75) is 32.8 Å². The van der Waals surface area contributed by atoms with E-state index in [0.717, 1.165) is 11.1 Å². The van der Waals surface area contributed by atoms with Crippen molar-refractivity contribution >= 4 is 12.1 Å².